The molecular formula is C12H12Cl2F3N3. The van der Waals surface area contributed by atoms with Crippen molar-refractivity contribution in [3.8, 4) is 0 Å². The lowest BCUT2D eigenvalue weighted by molar-refractivity contribution is -0.137. The Labute approximate surface area is 126 Å². The summed E-state index contributed by atoms with van der Waals surface area (Å²) in [7, 11) is 0. The van der Waals surface area contributed by atoms with Gasteiger partial charge in [0.15, 0.2) is 0 Å². The quantitative estimate of drug-likeness (QED) is 0.811. The molecule has 110 valence electrons. The summed E-state index contributed by atoms with van der Waals surface area (Å²) in [6.45, 7) is 0. The van der Waals surface area contributed by atoms with Gasteiger partial charge in [-0.1, -0.05) is 0 Å². The van der Waals surface area contributed by atoms with Crippen LogP contribution < -0.4 is 11.1 Å². The van der Waals surface area contributed by atoms with E-state index in [4.69, 9.17) is 5.73 Å². The Balaban J connectivity index is 0.00000180. The van der Waals surface area contributed by atoms with Gasteiger partial charge >= 0.3 is 6.18 Å². The third-order valence-corrected chi connectivity index (χ3v) is 2.27. The molecule has 0 unspecified atom stereocenters. The second-order valence-electron chi connectivity index (χ2n) is 3.68. The van der Waals surface area contributed by atoms with Crippen molar-refractivity contribution in [3.05, 3.63) is 48.2 Å². The molecule has 3 nitrogen and oxygen atoms in total. The van der Waals surface area contributed by atoms with E-state index in [9.17, 15) is 13.2 Å². The fourth-order valence-electron chi connectivity index (χ4n) is 1.35. The van der Waals surface area contributed by atoms with Crippen molar-refractivity contribution in [1.29, 1.82) is 0 Å². The fraction of sp³-hybridized carbons (Fsp3) is 0.0833. The van der Waals surface area contributed by atoms with Gasteiger partial charge in [0.05, 0.1) is 5.56 Å². The topological polar surface area (TPSA) is 50.9 Å². The second kappa shape index (κ2) is 7.21. The SMILES string of the molecule is Cl.Cl.Nc1ccc(Nc2ccc(C(F)(F)F)cn2)cc1. The number of hydrogen-bond acceptors (Lipinski definition) is 3. The first kappa shape index (κ1) is 18.3. The van der Waals surface area contributed by atoms with Crippen molar-refractivity contribution in [2.45, 2.75) is 6.18 Å². The number of nitrogens with one attached hydrogen (secondary N) is 1. The number of pyridine rings is 1. The average Bonchev–Trinajstić information content (AvgIpc) is 2.32. The van der Waals surface area contributed by atoms with Crippen LogP contribution in [-0.2, 0) is 6.18 Å². The maximum absolute atomic E-state index is 12.3. The highest BCUT2D eigenvalue weighted by molar-refractivity contribution is 5.85. The highest BCUT2D eigenvalue weighted by Crippen LogP contribution is 2.29. The molecule has 3 N–H and O–H groups in total. The lowest BCUT2D eigenvalue weighted by Gasteiger charge is -2.08. The number of aromatic nitrogens is 1. The lowest BCUT2D eigenvalue weighted by atomic mass is 10.2. The molecule has 0 spiro atoms. The van der Waals surface area contributed by atoms with Gasteiger partial charge in [-0.05, 0) is 36.4 Å². The number of nitrogen functional groups attached to an aromatic ring is 1. The van der Waals surface area contributed by atoms with Gasteiger partial charge in [-0.2, -0.15) is 13.2 Å². The highest BCUT2D eigenvalue weighted by Gasteiger charge is 2.30. The van der Waals surface area contributed by atoms with Crippen LogP contribution in [0.3, 0.4) is 0 Å². The van der Waals surface area contributed by atoms with Crippen LogP contribution in [0.4, 0.5) is 30.4 Å². The molecule has 0 radical (unpaired) electrons. The first-order valence-electron chi connectivity index (χ1n) is 5.11. The Bertz CT molecular complexity index is 527. The van der Waals surface area contributed by atoms with E-state index in [1.165, 1.54) is 6.07 Å². The molecule has 0 atom stereocenters. The number of hydrogen-bond donors (Lipinski definition) is 2. The van der Waals surface area contributed by atoms with E-state index in [-0.39, 0.29) is 24.8 Å². The minimum Gasteiger partial charge on any atom is -0.399 e. The zero-order valence-electron chi connectivity index (χ0n) is 10.0. The Morgan fingerprint density at radius 3 is 2.00 bits per heavy atom. The van der Waals surface area contributed by atoms with Gasteiger partial charge in [0, 0.05) is 17.6 Å². The molecule has 2 aromatic rings. The summed E-state index contributed by atoms with van der Waals surface area (Å²) < 4.78 is 36.9. The number of anilines is 3. The zero-order chi connectivity index (χ0) is 13.2. The van der Waals surface area contributed by atoms with E-state index in [0.29, 0.717) is 17.2 Å². The van der Waals surface area contributed by atoms with Crippen molar-refractivity contribution in [2.24, 2.45) is 0 Å². The van der Waals surface area contributed by atoms with E-state index < -0.39 is 11.7 Å². The third-order valence-electron chi connectivity index (χ3n) is 2.27. The Kier molecular flexibility index (Phi) is 6.61. The van der Waals surface area contributed by atoms with Crippen LogP contribution in [-0.4, -0.2) is 4.98 Å². The minimum atomic E-state index is -4.37. The maximum Gasteiger partial charge on any atom is 0.417 e. The van der Waals surface area contributed by atoms with Crippen LogP contribution in [0, 0.1) is 0 Å². The van der Waals surface area contributed by atoms with Crippen LogP contribution in [0.1, 0.15) is 5.56 Å². The molecule has 1 aromatic heterocycles. The molecule has 0 aliphatic rings. The molecule has 0 aliphatic carbocycles. The monoisotopic (exact) mass is 325 g/mol. The van der Waals surface area contributed by atoms with Crippen LogP contribution >= 0.6 is 24.8 Å². The van der Waals surface area contributed by atoms with E-state index in [0.717, 1.165) is 12.3 Å². The van der Waals surface area contributed by atoms with Gasteiger partial charge < -0.3 is 11.1 Å². The molecule has 0 fully saturated rings. The molecule has 0 aliphatic heterocycles. The lowest BCUT2D eigenvalue weighted by Crippen LogP contribution is -2.05. The summed E-state index contributed by atoms with van der Waals surface area (Å²) >= 11 is 0. The largest absolute Gasteiger partial charge is 0.417 e. The predicted octanol–water partition coefficient (Wildman–Crippen LogP) is 4.27. The van der Waals surface area contributed by atoms with E-state index in [1.807, 2.05) is 0 Å². The zero-order valence-corrected chi connectivity index (χ0v) is 11.6. The molecule has 2 rings (SSSR count). The standard InChI is InChI=1S/C12H10F3N3.2ClH/c13-12(14,15)8-1-6-11(17-7-8)18-10-4-2-9(16)3-5-10;;/h1-7H,16H2,(H,17,18);2*1H. The van der Waals surface area contributed by atoms with Gasteiger partial charge in [-0.15, -0.1) is 24.8 Å². The van der Waals surface area contributed by atoms with Gasteiger partial charge in [0.2, 0.25) is 0 Å². The fourth-order valence-corrected chi connectivity index (χ4v) is 1.35. The summed E-state index contributed by atoms with van der Waals surface area (Å²) in [6, 6.07) is 9.06. The first-order chi connectivity index (χ1) is 8.45. The molecule has 0 amide bonds. The van der Waals surface area contributed by atoms with Crippen LogP contribution in [0.5, 0.6) is 0 Å². The van der Waals surface area contributed by atoms with Crippen molar-refractivity contribution in [1.82, 2.24) is 4.98 Å². The molecular weight excluding hydrogens is 314 g/mol. The summed E-state index contributed by atoms with van der Waals surface area (Å²) in [6.07, 6.45) is -3.58. The number of rotatable bonds is 2. The van der Waals surface area contributed by atoms with Crippen molar-refractivity contribution in [3.63, 3.8) is 0 Å². The van der Waals surface area contributed by atoms with Crippen molar-refractivity contribution >= 4 is 42.0 Å². The molecule has 1 heterocycles. The summed E-state index contributed by atoms with van der Waals surface area (Å²) in [4.78, 5) is 3.70. The predicted molar refractivity (Wildman–Crippen MR) is 77.9 cm³/mol. The third kappa shape index (κ3) is 4.79. The summed E-state index contributed by atoms with van der Waals surface area (Å²) in [5.74, 6) is 0.341. The van der Waals surface area contributed by atoms with E-state index >= 15 is 0 Å². The average molecular weight is 326 g/mol. The van der Waals surface area contributed by atoms with Gasteiger partial charge in [0.1, 0.15) is 5.82 Å². The van der Waals surface area contributed by atoms with Gasteiger partial charge in [-0.3, -0.25) is 0 Å². The second-order valence-corrected chi connectivity index (χ2v) is 3.68. The number of benzene rings is 1. The first-order valence-corrected chi connectivity index (χ1v) is 5.11. The van der Waals surface area contributed by atoms with E-state index in [1.54, 1.807) is 24.3 Å². The molecule has 8 heteroatoms. The number of nitrogens with zero attached hydrogens (tertiary/aromatic N) is 1. The summed E-state index contributed by atoms with van der Waals surface area (Å²) in [5.41, 5.74) is 6.06. The number of alkyl halides is 3. The number of nitrogens with two attached hydrogens (primary N) is 1. The smallest absolute Gasteiger partial charge is 0.399 e. The van der Waals surface area contributed by atoms with Crippen LogP contribution in [0.2, 0.25) is 0 Å². The van der Waals surface area contributed by atoms with E-state index in [2.05, 4.69) is 10.3 Å². The van der Waals surface area contributed by atoms with Crippen molar-refractivity contribution < 1.29 is 13.2 Å². The highest BCUT2D eigenvalue weighted by atomic mass is 35.5. The van der Waals surface area contributed by atoms with Gasteiger partial charge in [-0.25, -0.2) is 4.98 Å². The van der Waals surface area contributed by atoms with Crippen LogP contribution in [0.15, 0.2) is 42.6 Å². The number of halogens is 5. The Morgan fingerprint density at radius 2 is 1.55 bits per heavy atom. The van der Waals surface area contributed by atoms with Gasteiger partial charge in [0.25, 0.3) is 0 Å². The molecule has 1 aromatic carbocycles. The molecule has 0 saturated carbocycles. The molecule has 0 saturated heterocycles. The molecule has 20 heavy (non-hydrogen) atoms. The summed E-state index contributed by atoms with van der Waals surface area (Å²) in [5, 5.41) is 2.88. The van der Waals surface area contributed by atoms with Crippen LogP contribution in [0.25, 0.3) is 0 Å². The Morgan fingerprint density at radius 1 is 0.950 bits per heavy atom. The normalized spacial score (nSPS) is 10.2. The minimum absolute atomic E-state index is 0. The molecule has 0 bridgehead atoms. The maximum atomic E-state index is 12.3. The van der Waals surface area contributed by atoms with Crippen molar-refractivity contribution in [2.75, 3.05) is 11.1 Å². The Hall–Kier alpha value is -1.66.